The van der Waals surface area contributed by atoms with Crippen LogP contribution in [-0.4, -0.2) is 29.0 Å². The van der Waals surface area contributed by atoms with Gasteiger partial charge in [0.1, 0.15) is 5.75 Å². The third-order valence-electron chi connectivity index (χ3n) is 2.87. The van der Waals surface area contributed by atoms with Gasteiger partial charge in [0.25, 0.3) is 5.91 Å². The van der Waals surface area contributed by atoms with Crippen molar-refractivity contribution in [3.8, 4) is 5.75 Å². The van der Waals surface area contributed by atoms with Crippen LogP contribution in [0.15, 0.2) is 18.2 Å². The van der Waals surface area contributed by atoms with Crippen LogP contribution in [0, 0.1) is 0 Å². The zero-order valence-electron chi connectivity index (χ0n) is 8.86. The van der Waals surface area contributed by atoms with Crippen molar-refractivity contribution in [3.05, 3.63) is 29.3 Å². The number of benzene rings is 1. The van der Waals surface area contributed by atoms with Crippen molar-refractivity contribution in [2.45, 2.75) is 19.8 Å². The third kappa shape index (κ3) is 1.69. The van der Waals surface area contributed by atoms with Crippen molar-refractivity contribution in [3.63, 3.8) is 0 Å². The first kappa shape index (κ1) is 10.0. The van der Waals surface area contributed by atoms with Crippen molar-refractivity contribution in [2.24, 2.45) is 0 Å². The smallest absolute Gasteiger partial charge is 0.257 e. The van der Waals surface area contributed by atoms with Gasteiger partial charge in [-0.05, 0) is 24.5 Å². The van der Waals surface area contributed by atoms with E-state index in [0.717, 1.165) is 31.5 Å². The van der Waals surface area contributed by atoms with Crippen molar-refractivity contribution >= 4 is 5.91 Å². The van der Waals surface area contributed by atoms with Gasteiger partial charge in [0.15, 0.2) is 0 Å². The van der Waals surface area contributed by atoms with Crippen molar-refractivity contribution in [2.75, 3.05) is 13.1 Å². The number of para-hydroxylation sites is 1. The monoisotopic (exact) mass is 205 g/mol. The normalized spacial score (nSPS) is 14.9. The second-order valence-electron chi connectivity index (χ2n) is 3.81. The molecular weight excluding hydrogens is 190 g/mol. The van der Waals surface area contributed by atoms with E-state index in [1.54, 1.807) is 11.0 Å². The molecule has 0 aromatic heterocycles. The summed E-state index contributed by atoms with van der Waals surface area (Å²) in [7, 11) is 0. The number of phenols is 1. The maximum absolute atomic E-state index is 11.9. The fourth-order valence-electron chi connectivity index (χ4n) is 1.74. The lowest BCUT2D eigenvalue weighted by Gasteiger charge is -2.31. The van der Waals surface area contributed by atoms with Gasteiger partial charge in [0, 0.05) is 13.1 Å². The molecule has 0 spiro atoms. The predicted molar refractivity (Wildman–Crippen MR) is 58.0 cm³/mol. The maximum atomic E-state index is 11.9. The van der Waals surface area contributed by atoms with Crippen molar-refractivity contribution in [1.82, 2.24) is 4.90 Å². The number of amides is 1. The highest BCUT2D eigenvalue weighted by molar-refractivity contribution is 5.97. The van der Waals surface area contributed by atoms with E-state index in [1.165, 1.54) is 0 Å². The third-order valence-corrected chi connectivity index (χ3v) is 2.87. The second-order valence-corrected chi connectivity index (χ2v) is 3.81. The Morgan fingerprint density at radius 1 is 1.47 bits per heavy atom. The quantitative estimate of drug-likeness (QED) is 0.799. The second kappa shape index (κ2) is 3.93. The zero-order valence-corrected chi connectivity index (χ0v) is 8.86. The molecule has 0 aliphatic carbocycles. The molecule has 1 amide bonds. The van der Waals surface area contributed by atoms with Gasteiger partial charge in [-0.15, -0.1) is 0 Å². The molecule has 1 aromatic rings. The van der Waals surface area contributed by atoms with Crippen LogP contribution >= 0.6 is 0 Å². The standard InChI is InChI=1S/C12H15NO2/c1-2-9-5-3-6-10(11(9)14)12(15)13-7-4-8-13/h3,5-6,14H,2,4,7-8H2,1H3. The van der Waals surface area contributed by atoms with Gasteiger partial charge in [0.2, 0.25) is 0 Å². The van der Waals surface area contributed by atoms with Gasteiger partial charge in [-0.1, -0.05) is 19.1 Å². The van der Waals surface area contributed by atoms with E-state index in [-0.39, 0.29) is 11.7 Å². The first-order valence-electron chi connectivity index (χ1n) is 5.34. The molecule has 1 heterocycles. The lowest BCUT2D eigenvalue weighted by atomic mass is 10.0. The van der Waals surface area contributed by atoms with Crippen molar-refractivity contribution in [1.29, 1.82) is 0 Å². The Kier molecular flexibility index (Phi) is 2.62. The van der Waals surface area contributed by atoms with E-state index in [1.807, 2.05) is 19.1 Å². The number of carbonyl (C=O) groups excluding carboxylic acids is 1. The lowest BCUT2D eigenvalue weighted by molar-refractivity contribution is 0.0648. The molecular formula is C12H15NO2. The first-order chi connectivity index (χ1) is 7.24. The summed E-state index contributed by atoms with van der Waals surface area (Å²) in [5.74, 6) is 0.103. The summed E-state index contributed by atoms with van der Waals surface area (Å²) in [6.45, 7) is 3.59. The van der Waals surface area contributed by atoms with E-state index in [2.05, 4.69) is 0 Å². The number of rotatable bonds is 2. The minimum absolute atomic E-state index is 0.0472. The lowest BCUT2D eigenvalue weighted by Crippen LogP contribution is -2.42. The SMILES string of the molecule is CCc1cccc(C(=O)N2CCC2)c1O. The van der Waals surface area contributed by atoms with Crippen molar-refractivity contribution < 1.29 is 9.90 Å². The Bertz CT molecular complexity index is 383. The Morgan fingerprint density at radius 2 is 2.20 bits per heavy atom. The Morgan fingerprint density at radius 3 is 2.73 bits per heavy atom. The summed E-state index contributed by atoms with van der Waals surface area (Å²) in [5.41, 5.74) is 1.27. The van der Waals surface area contributed by atoms with Gasteiger partial charge < -0.3 is 10.0 Å². The highest BCUT2D eigenvalue weighted by Crippen LogP contribution is 2.25. The number of aryl methyl sites for hydroxylation is 1. The summed E-state index contributed by atoms with van der Waals surface area (Å²) in [5, 5.41) is 9.88. The van der Waals surface area contributed by atoms with Crippen LogP contribution in [0.3, 0.4) is 0 Å². The number of hydrogen-bond donors (Lipinski definition) is 1. The molecule has 1 aromatic carbocycles. The van der Waals surface area contributed by atoms with E-state index < -0.39 is 0 Å². The molecule has 3 heteroatoms. The molecule has 1 fully saturated rings. The predicted octanol–water partition coefficient (Wildman–Crippen LogP) is 1.80. The molecule has 1 aliphatic heterocycles. The molecule has 3 nitrogen and oxygen atoms in total. The fraction of sp³-hybridized carbons (Fsp3) is 0.417. The van der Waals surface area contributed by atoms with Gasteiger partial charge in [-0.25, -0.2) is 0 Å². The number of nitrogens with zero attached hydrogens (tertiary/aromatic N) is 1. The van der Waals surface area contributed by atoms with E-state index >= 15 is 0 Å². The van der Waals surface area contributed by atoms with Crippen LogP contribution in [0.1, 0.15) is 29.3 Å². The van der Waals surface area contributed by atoms with Gasteiger partial charge in [0.05, 0.1) is 5.56 Å². The highest BCUT2D eigenvalue weighted by Gasteiger charge is 2.24. The number of carbonyl (C=O) groups is 1. The molecule has 1 saturated heterocycles. The van der Waals surface area contributed by atoms with Crippen LogP contribution in [0.4, 0.5) is 0 Å². The first-order valence-corrected chi connectivity index (χ1v) is 5.34. The molecule has 0 unspecified atom stereocenters. The molecule has 1 N–H and O–H groups in total. The Balaban J connectivity index is 2.30. The average molecular weight is 205 g/mol. The van der Waals surface area contributed by atoms with Gasteiger partial charge in [-0.3, -0.25) is 4.79 Å². The zero-order chi connectivity index (χ0) is 10.8. The molecule has 0 radical (unpaired) electrons. The van der Waals surface area contributed by atoms with Crippen LogP contribution in [-0.2, 0) is 6.42 Å². The summed E-state index contributed by atoms with van der Waals surface area (Å²) in [6, 6.07) is 5.36. The molecule has 0 saturated carbocycles. The molecule has 80 valence electrons. The van der Waals surface area contributed by atoms with Gasteiger partial charge in [-0.2, -0.15) is 0 Å². The largest absolute Gasteiger partial charge is 0.507 e. The summed E-state index contributed by atoms with van der Waals surface area (Å²) < 4.78 is 0. The van der Waals surface area contributed by atoms with Crippen LogP contribution < -0.4 is 0 Å². The molecule has 0 atom stereocenters. The summed E-state index contributed by atoms with van der Waals surface area (Å²) >= 11 is 0. The van der Waals surface area contributed by atoms with Crippen LogP contribution in [0.5, 0.6) is 5.75 Å². The summed E-state index contributed by atoms with van der Waals surface area (Å²) in [4.78, 5) is 13.6. The number of likely N-dealkylation sites (tertiary alicyclic amines) is 1. The summed E-state index contributed by atoms with van der Waals surface area (Å²) in [6.07, 6.45) is 1.81. The molecule has 0 bridgehead atoms. The Hall–Kier alpha value is -1.51. The average Bonchev–Trinajstić information content (AvgIpc) is 2.15. The maximum Gasteiger partial charge on any atom is 0.257 e. The minimum atomic E-state index is -0.0472. The van der Waals surface area contributed by atoms with E-state index in [0.29, 0.717) is 5.56 Å². The molecule has 2 rings (SSSR count). The Labute approximate surface area is 89.3 Å². The molecule has 15 heavy (non-hydrogen) atoms. The number of aromatic hydroxyl groups is 1. The highest BCUT2D eigenvalue weighted by atomic mass is 16.3. The van der Waals surface area contributed by atoms with E-state index in [4.69, 9.17) is 0 Å². The minimum Gasteiger partial charge on any atom is -0.507 e. The molecule has 1 aliphatic rings. The number of phenolic OH excluding ortho intramolecular Hbond substituents is 1. The number of hydrogen-bond acceptors (Lipinski definition) is 2. The fourth-order valence-corrected chi connectivity index (χ4v) is 1.74. The van der Waals surface area contributed by atoms with Crippen LogP contribution in [0.2, 0.25) is 0 Å². The topological polar surface area (TPSA) is 40.5 Å². The van der Waals surface area contributed by atoms with Gasteiger partial charge >= 0.3 is 0 Å². The van der Waals surface area contributed by atoms with E-state index in [9.17, 15) is 9.90 Å². The van der Waals surface area contributed by atoms with Crippen LogP contribution in [0.25, 0.3) is 0 Å².